The predicted molar refractivity (Wildman–Crippen MR) is 76.4 cm³/mol. The van der Waals surface area contributed by atoms with Crippen LogP contribution >= 0.6 is 0 Å². The number of likely N-dealkylation sites (N-methyl/N-ethyl adjacent to an activating group) is 1. The molecular formula is C14H23N3O2. The Morgan fingerprint density at radius 3 is 2.84 bits per heavy atom. The molecule has 1 atom stereocenters. The van der Waals surface area contributed by atoms with Crippen molar-refractivity contribution in [1.29, 1.82) is 0 Å². The van der Waals surface area contributed by atoms with Crippen LogP contribution < -0.4 is 5.32 Å². The number of nitrogens with zero attached hydrogens (tertiary/aromatic N) is 2. The van der Waals surface area contributed by atoms with Crippen molar-refractivity contribution in [2.75, 3.05) is 32.1 Å². The smallest absolute Gasteiger partial charge is 0.257 e. The Morgan fingerprint density at radius 2 is 2.26 bits per heavy atom. The first-order valence-corrected chi connectivity index (χ1v) is 6.64. The van der Waals surface area contributed by atoms with Crippen LogP contribution in [0.2, 0.25) is 0 Å². The zero-order valence-corrected chi connectivity index (χ0v) is 12.1. The molecule has 0 saturated heterocycles. The SMILES string of the molecule is CCNc1ncccc1C(=O)N(CC)C(C)COC. The van der Waals surface area contributed by atoms with Gasteiger partial charge in [0.1, 0.15) is 5.82 Å². The maximum Gasteiger partial charge on any atom is 0.257 e. The van der Waals surface area contributed by atoms with E-state index in [1.807, 2.05) is 20.8 Å². The van der Waals surface area contributed by atoms with Gasteiger partial charge < -0.3 is 15.0 Å². The van der Waals surface area contributed by atoms with E-state index in [4.69, 9.17) is 4.74 Å². The van der Waals surface area contributed by atoms with Crippen LogP contribution in [0.1, 0.15) is 31.1 Å². The van der Waals surface area contributed by atoms with Crippen LogP contribution in [0.25, 0.3) is 0 Å². The third kappa shape index (κ3) is 3.92. The molecule has 0 aliphatic heterocycles. The van der Waals surface area contributed by atoms with Crippen molar-refractivity contribution in [3.63, 3.8) is 0 Å². The van der Waals surface area contributed by atoms with E-state index in [2.05, 4.69) is 10.3 Å². The lowest BCUT2D eigenvalue weighted by molar-refractivity contribution is 0.0580. The summed E-state index contributed by atoms with van der Waals surface area (Å²) in [7, 11) is 1.64. The number of hydrogen-bond acceptors (Lipinski definition) is 4. The van der Waals surface area contributed by atoms with Gasteiger partial charge in [0.05, 0.1) is 18.2 Å². The van der Waals surface area contributed by atoms with Gasteiger partial charge in [-0.25, -0.2) is 4.98 Å². The highest BCUT2D eigenvalue weighted by Crippen LogP contribution is 2.15. The van der Waals surface area contributed by atoms with Crippen molar-refractivity contribution in [2.24, 2.45) is 0 Å². The van der Waals surface area contributed by atoms with E-state index in [1.165, 1.54) is 0 Å². The van der Waals surface area contributed by atoms with Crippen molar-refractivity contribution >= 4 is 11.7 Å². The number of amides is 1. The van der Waals surface area contributed by atoms with Crippen LogP contribution in [0.3, 0.4) is 0 Å². The summed E-state index contributed by atoms with van der Waals surface area (Å²) in [6.07, 6.45) is 1.68. The Bertz CT molecular complexity index is 409. The molecule has 0 aromatic carbocycles. The molecule has 0 fully saturated rings. The van der Waals surface area contributed by atoms with E-state index in [9.17, 15) is 4.79 Å². The topological polar surface area (TPSA) is 54.5 Å². The molecule has 0 radical (unpaired) electrons. The monoisotopic (exact) mass is 265 g/mol. The van der Waals surface area contributed by atoms with Crippen molar-refractivity contribution in [2.45, 2.75) is 26.8 Å². The number of methoxy groups -OCH3 is 1. The van der Waals surface area contributed by atoms with Gasteiger partial charge >= 0.3 is 0 Å². The highest BCUT2D eigenvalue weighted by molar-refractivity contribution is 5.98. The minimum atomic E-state index is -0.0175. The first kappa shape index (κ1) is 15.4. The van der Waals surface area contributed by atoms with Gasteiger partial charge in [0, 0.05) is 26.4 Å². The molecular weight excluding hydrogens is 242 g/mol. The molecule has 0 bridgehead atoms. The second-order valence-electron chi connectivity index (χ2n) is 4.33. The first-order valence-electron chi connectivity index (χ1n) is 6.64. The van der Waals surface area contributed by atoms with Crippen molar-refractivity contribution < 1.29 is 9.53 Å². The second kappa shape index (κ2) is 7.74. The lowest BCUT2D eigenvalue weighted by Gasteiger charge is -2.28. The minimum absolute atomic E-state index is 0.0175. The van der Waals surface area contributed by atoms with Crippen LogP contribution in [-0.4, -0.2) is 48.6 Å². The summed E-state index contributed by atoms with van der Waals surface area (Å²) in [5.41, 5.74) is 0.606. The summed E-state index contributed by atoms with van der Waals surface area (Å²) < 4.78 is 5.13. The molecule has 1 N–H and O–H groups in total. The molecule has 19 heavy (non-hydrogen) atoms. The van der Waals surface area contributed by atoms with Crippen LogP contribution in [0, 0.1) is 0 Å². The van der Waals surface area contributed by atoms with Crippen LogP contribution in [0.5, 0.6) is 0 Å². The molecule has 1 heterocycles. The largest absolute Gasteiger partial charge is 0.383 e. The average molecular weight is 265 g/mol. The quantitative estimate of drug-likeness (QED) is 0.819. The van der Waals surface area contributed by atoms with E-state index in [0.29, 0.717) is 24.5 Å². The lowest BCUT2D eigenvalue weighted by Crippen LogP contribution is -2.41. The fourth-order valence-corrected chi connectivity index (χ4v) is 2.03. The van der Waals surface area contributed by atoms with E-state index < -0.39 is 0 Å². The molecule has 1 aromatic rings. The standard InChI is InChI=1S/C14H23N3O2/c1-5-15-13-12(8-7-9-16-13)14(18)17(6-2)11(3)10-19-4/h7-9,11H,5-6,10H2,1-4H3,(H,15,16). The van der Waals surface area contributed by atoms with Gasteiger partial charge in [0.25, 0.3) is 5.91 Å². The van der Waals surface area contributed by atoms with Gasteiger partial charge in [-0.15, -0.1) is 0 Å². The number of nitrogens with one attached hydrogen (secondary N) is 1. The molecule has 1 unspecified atom stereocenters. The molecule has 5 heteroatoms. The summed E-state index contributed by atoms with van der Waals surface area (Å²) in [5.74, 6) is 0.620. The third-order valence-corrected chi connectivity index (χ3v) is 2.92. The minimum Gasteiger partial charge on any atom is -0.383 e. The fourth-order valence-electron chi connectivity index (χ4n) is 2.03. The summed E-state index contributed by atoms with van der Waals surface area (Å²) in [4.78, 5) is 18.6. The van der Waals surface area contributed by atoms with Crippen molar-refractivity contribution in [3.8, 4) is 0 Å². The van der Waals surface area contributed by atoms with Crippen LogP contribution in [0.4, 0.5) is 5.82 Å². The number of carbonyl (C=O) groups excluding carboxylic acids is 1. The molecule has 5 nitrogen and oxygen atoms in total. The number of pyridine rings is 1. The summed E-state index contributed by atoms with van der Waals surface area (Å²) >= 11 is 0. The third-order valence-electron chi connectivity index (χ3n) is 2.92. The van der Waals surface area contributed by atoms with Crippen LogP contribution in [0.15, 0.2) is 18.3 Å². The maximum atomic E-state index is 12.6. The molecule has 1 aromatic heterocycles. The van der Waals surface area contributed by atoms with E-state index in [0.717, 1.165) is 6.54 Å². The first-order chi connectivity index (χ1) is 9.15. The highest BCUT2D eigenvalue weighted by Gasteiger charge is 2.22. The number of anilines is 1. The number of carbonyl (C=O) groups is 1. The zero-order chi connectivity index (χ0) is 14.3. The van der Waals surface area contributed by atoms with E-state index in [1.54, 1.807) is 30.3 Å². The van der Waals surface area contributed by atoms with Crippen molar-refractivity contribution in [3.05, 3.63) is 23.9 Å². The summed E-state index contributed by atoms with van der Waals surface area (Å²) in [5, 5.41) is 3.12. The van der Waals surface area contributed by atoms with E-state index >= 15 is 0 Å². The molecule has 0 saturated carbocycles. The average Bonchev–Trinajstić information content (AvgIpc) is 2.40. The Morgan fingerprint density at radius 1 is 1.53 bits per heavy atom. The number of hydrogen-bond donors (Lipinski definition) is 1. The molecule has 106 valence electrons. The Labute approximate surface area is 115 Å². The predicted octanol–water partition coefficient (Wildman–Crippen LogP) is 2.01. The fraction of sp³-hybridized carbons (Fsp3) is 0.571. The zero-order valence-electron chi connectivity index (χ0n) is 12.1. The summed E-state index contributed by atoms with van der Waals surface area (Å²) in [6, 6.07) is 3.62. The molecule has 0 spiro atoms. The number of aromatic nitrogens is 1. The van der Waals surface area contributed by atoms with Crippen molar-refractivity contribution in [1.82, 2.24) is 9.88 Å². The summed E-state index contributed by atoms with van der Waals surface area (Å²) in [6.45, 7) is 7.83. The van der Waals surface area contributed by atoms with Gasteiger partial charge in [-0.3, -0.25) is 4.79 Å². The lowest BCUT2D eigenvalue weighted by atomic mass is 10.2. The Kier molecular flexibility index (Phi) is 6.29. The van der Waals surface area contributed by atoms with Crippen LogP contribution in [-0.2, 0) is 4.74 Å². The number of ether oxygens (including phenoxy) is 1. The van der Waals surface area contributed by atoms with Gasteiger partial charge in [0.2, 0.25) is 0 Å². The van der Waals surface area contributed by atoms with Gasteiger partial charge in [-0.05, 0) is 32.9 Å². The Balaban J connectivity index is 2.97. The van der Waals surface area contributed by atoms with Gasteiger partial charge in [-0.1, -0.05) is 0 Å². The highest BCUT2D eigenvalue weighted by atomic mass is 16.5. The molecule has 0 aliphatic carbocycles. The molecule has 1 amide bonds. The molecule has 0 aliphatic rings. The Hall–Kier alpha value is -1.62. The van der Waals surface area contributed by atoms with Gasteiger partial charge in [0.15, 0.2) is 0 Å². The molecule has 1 rings (SSSR count). The maximum absolute atomic E-state index is 12.6. The number of rotatable bonds is 7. The normalized spacial score (nSPS) is 12.0. The van der Waals surface area contributed by atoms with Gasteiger partial charge in [-0.2, -0.15) is 0 Å². The van der Waals surface area contributed by atoms with E-state index in [-0.39, 0.29) is 11.9 Å². The second-order valence-corrected chi connectivity index (χ2v) is 4.33.